The van der Waals surface area contributed by atoms with Crippen molar-refractivity contribution in [3.05, 3.63) is 0 Å². The summed E-state index contributed by atoms with van der Waals surface area (Å²) in [5, 5.41) is 0. The Bertz CT molecular complexity index is 216. The first-order valence-electron chi connectivity index (χ1n) is 3.25. The van der Waals surface area contributed by atoms with Crippen molar-refractivity contribution in [2.24, 2.45) is 0 Å². The van der Waals surface area contributed by atoms with Crippen LogP contribution in [0, 0.1) is 0 Å². The summed E-state index contributed by atoms with van der Waals surface area (Å²) in [6.07, 6.45) is -1.10. The molecule has 0 N–H and O–H groups in total. The lowest BCUT2D eigenvalue weighted by Crippen LogP contribution is -2.28. The number of rotatable bonds is 4. The van der Waals surface area contributed by atoms with Gasteiger partial charge in [0.05, 0.1) is 0 Å². The van der Waals surface area contributed by atoms with Crippen LogP contribution in [0.4, 0.5) is 4.79 Å². The Morgan fingerprint density at radius 2 is 1.86 bits per heavy atom. The molecule has 1 aliphatic rings. The molecule has 0 atom stereocenters. The lowest BCUT2D eigenvalue weighted by molar-refractivity contribution is -0.0332. The minimum atomic E-state index is -1.77. The van der Waals surface area contributed by atoms with Crippen molar-refractivity contribution >= 4 is 52.6 Å². The molecule has 1 rings (SSSR count). The van der Waals surface area contributed by atoms with Crippen LogP contribution in [0.25, 0.3) is 0 Å². The van der Waals surface area contributed by atoms with Gasteiger partial charge in [-0.3, -0.25) is 0 Å². The Hall–Kier alpha value is 0.350. The van der Waals surface area contributed by atoms with Gasteiger partial charge < -0.3 is 9.47 Å². The third-order valence-electron chi connectivity index (χ3n) is 1.07. The van der Waals surface area contributed by atoms with Crippen LogP contribution in [0.1, 0.15) is 0 Å². The molecule has 0 aromatic carbocycles. The highest BCUT2D eigenvalue weighted by Crippen LogP contribution is 2.39. The highest BCUT2D eigenvalue weighted by Gasteiger charge is 2.60. The van der Waals surface area contributed by atoms with Crippen molar-refractivity contribution in [2.75, 3.05) is 6.61 Å². The number of carbonyl (C=O) groups excluding carboxylic acids is 1. The molecule has 9 heteroatoms. The number of hydrogen-bond donors (Lipinski definition) is 0. The number of hydrogen-bond acceptors (Lipinski definition) is 5. The van der Waals surface area contributed by atoms with E-state index in [0.29, 0.717) is 0 Å². The second-order valence-corrected chi connectivity index (χ2v) is 4.50. The summed E-state index contributed by atoms with van der Waals surface area (Å²) in [7, 11) is 0. The van der Waals surface area contributed by atoms with E-state index in [2.05, 4.69) is 19.2 Å². The largest absolute Gasteiger partial charge is 0.512 e. The molecule has 0 aromatic rings. The zero-order valence-electron chi connectivity index (χ0n) is 6.41. The second-order valence-electron chi connectivity index (χ2n) is 2.13. The van der Waals surface area contributed by atoms with Gasteiger partial charge in [-0.15, -0.1) is 33.0 Å². The fourth-order valence-electron chi connectivity index (χ4n) is 0.469. The molecule has 0 aromatic heterocycles. The Morgan fingerprint density at radius 1 is 1.29 bits per heavy atom. The Balaban J connectivity index is 2.27. The second kappa shape index (κ2) is 4.92. The van der Waals surface area contributed by atoms with Gasteiger partial charge in [0.1, 0.15) is 11.4 Å². The van der Waals surface area contributed by atoms with E-state index in [-0.39, 0.29) is 6.61 Å². The van der Waals surface area contributed by atoms with E-state index in [1.807, 2.05) is 0 Å². The average Bonchev–Trinajstić information content (AvgIpc) is 2.82. The number of alkyl halides is 4. The van der Waals surface area contributed by atoms with E-state index < -0.39 is 21.8 Å². The smallest absolute Gasteiger partial charge is 0.431 e. The van der Waals surface area contributed by atoms with E-state index in [1.165, 1.54) is 0 Å². The van der Waals surface area contributed by atoms with E-state index in [4.69, 9.17) is 46.4 Å². The van der Waals surface area contributed by atoms with E-state index in [1.54, 1.807) is 0 Å². The third-order valence-corrected chi connectivity index (χ3v) is 1.85. The first-order valence-corrected chi connectivity index (χ1v) is 5.00. The average molecular weight is 286 g/mol. The first kappa shape index (κ1) is 12.4. The fourth-order valence-corrected chi connectivity index (χ4v) is 0.830. The van der Waals surface area contributed by atoms with Crippen molar-refractivity contribution in [2.45, 2.75) is 15.6 Å². The maximum atomic E-state index is 10.9. The van der Waals surface area contributed by atoms with E-state index in [9.17, 15) is 4.79 Å². The molecular formula is C5H4Cl4O5. The molecule has 1 saturated heterocycles. The third kappa shape index (κ3) is 3.49. The Labute approximate surface area is 99.0 Å². The maximum Gasteiger partial charge on any atom is 0.512 e. The number of halogens is 4. The van der Waals surface area contributed by atoms with Gasteiger partial charge in [-0.1, -0.05) is 23.2 Å². The van der Waals surface area contributed by atoms with Crippen LogP contribution >= 0.6 is 46.4 Å². The van der Waals surface area contributed by atoms with E-state index in [0.717, 1.165) is 0 Å². The van der Waals surface area contributed by atoms with Crippen LogP contribution in [-0.2, 0) is 19.2 Å². The number of ether oxygens (including phenoxy) is 2. The standard InChI is InChI=1S/C5H4Cl4O5/c6-2(7)1-11-4(10)12-5(3(8)9)13-14-5/h2-3H,1H2. The lowest BCUT2D eigenvalue weighted by atomic mass is 10.7. The SMILES string of the molecule is O=C(OCC(Cl)Cl)OC1(C(Cl)Cl)OO1. The first-order chi connectivity index (χ1) is 6.46. The summed E-state index contributed by atoms with van der Waals surface area (Å²) in [5.41, 5.74) is 0. The molecule has 5 nitrogen and oxygen atoms in total. The van der Waals surface area contributed by atoms with Crippen molar-refractivity contribution in [3.8, 4) is 0 Å². The highest BCUT2D eigenvalue weighted by atomic mass is 35.5. The molecule has 0 unspecified atom stereocenters. The summed E-state index contributed by atoms with van der Waals surface area (Å²) < 4.78 is 8.90. The van der Waals surface area contributed by atoms with Crippen molar-refractivity contribution in [3.63, 3.8) is 0 Å². The molecule has 0 amide bonds. The maximum absolute atomic E-state index is 10.9. The van der Waals surface area contributed by atoms with Crippen LogP contribution in [-0.4, -0.2) is 28.4 Å². The Kier molecular flexibility index (Phi) is 4.36. The summed E-state index contributed by atoms with van der Waals surface area (Å²) >= 11 is 21.3. The molecule has 0 bridgehead atoms. The predicted octanol–water partition coefficient (Wildman–Crippen LogP) is 2.36. The summed E-state index contributed by atoms with van der Waals surface area (Å²) in [6.45, 7) is -0.229. The molecular weight excluding hydrogens is 282 g/mol. The van der Waals surface area contributed by atoms with Gasteiger partial charge in [0, 0.05) is 0 Å². The summed E-state index contributed by atoms with van der Waals surface area (Å²) in [6, 6.07) is 0. The summed E-state index contributed by atoms with van der Waals surface area (Å²) in [4.78, 5) is 17.4. The fraction of sp³-hybridized carbons (Fsp3) is 0.800. The minimum Gasteiger partial charge on any atom is -0.431 e. The Morgan fingerprint density at radius 3 is 2.21 bits per heavy atom. The quantitative estimate of drug-likeness (QED) is 0.343. The van der Waals surface area contributed by atoms with E-state index >= 15 is 0 Å². The van der Waals surface area contributed by atoms with Gasteiger partial charge in [-0.2, -0.15) is 0 Å². The van der Waals surface area contributed by atoms with Gasteiger partial charge in [0.25, 0.3) is 0 Å². The predicted molar refractivity (Wildman–Crippen MR) is 48.3 cm³/mol. The topological polar surface area (TPSA) is 60.6 Å². The molecule has 0 radical (unpaired) electrons. The molecule has 0 aliphatic carbocycles. The molecule has 1 heterocycles. The van der Waals surface area contributed by atoms with Crippen LogP contribution in [0.15, 0.2) is 0 Å². The molecule has 1 aliphatic heterocycles. The van der Waals surface area contributed by atoms with Gasteiger partial charge in [-0.25, -0.2) is 4.79 Å². The normalized spacial score (nSPS) is 18.4. The minimum absolute atomic E-state index is 0.229. The van der Waals surface area contributed by atoms with Crippen molar-refractivity contribution < 1.29 is 24.0 Å². The van der Waals surface area contributed by atoms with Crippen LogP contribution in [0.2, 0.25) is 0 Å². The molecule has 82 valence electrons. The summed E-state index contributed by atoms with van der Waals surface area (Å²) in [5.74, 6) is -1.77. The van der Waals surface area contributed by atoms with Crippen LogP contribution < -0.4 is 0 Å². The van der Waals surface area contributed by atoms with Crippen LogP contribution in [0.3, 0.4) is 0 Å². The monoisotopic (exact) mass is 284 g/mol. The van der Waals surface area contributed by atoms with Gasteiger partial charge in [0.15, 0.2) is 0 Å². The van der Waals surface area contributed by atoms with Crippen LogP contribution in [0.5, 0.6) is 0 Å². The molecule has 1 fully saturated rings. The van der Waals surface area contributed by atoms with Gasteiger partial charge >= 0.3 is 12.1 Å². The highest BCUT2D eigenvalue weighted by molar-refractivity contribution is 6.45. The lowest BCUT2D eigenvalue weighted by Gasteiger charge is -2.09. The van der Waals surface area contributed by atoms with Gasteiger partial charge in [-0.05, 0) is 0 Å². The zero-order chi connectivity index (χ0) is 10.8. The van der Waals surface area contributed by atoms with Crippen molar-refractivity contribution in [1.29, 1.82) is 0 Å². The molecule has 14 heavy (non-hydrogen) atoms. The number of carbonyl (C=O) groups is 1. The van der Waals surface area contributed by atoms with Gasteiger partial charge in [0.2, 0.25) is 4.84 Å². The molecule has 0 spiro atoms. The zero-order valence-corrected chi connectivity index (χ0v) is 9.44. The molecule has 0 saturated carbocycles. The van der Waals surface area contributed by atoms with Crippen molar-refractivity contribution in [1.82, 2.24) is 0 Å².